The van der Waals surface area contributed by atoms with Gasteiger partial charge in [-0.25, -0.2) is 22.0 Å². The van der Waals surface area contributed by atoms with Gasteiger partial charge in [-0.05, 0) is 23.8 Å². The fraction of sp³-hybridized carbons (Fsp3) is 0.0769. The highest BCUT2D eigenvalue weighted by Crippen LogP contribution is 2.37. The molecule has 2 rings (SSSR count). The lowest BCUT2D eigenvalue weighted by atomic mass is 10.0. The van der Waals surface area contributed by atoms with E-state index >= 15 is 0 Å². The standard InChI is InChI=1S/C13H3ClF8/c14-6-2-4(1-5(3-6)13(20,21)22)7-8(15)10(17)12(19)11(18)9(7)16/h1-3H. The van der Waals surface area contributed by atoms with E-state index in [1.54, 1.807) is 0 Å². The summed E-state index contributed by atoms with van der Waals surface area (Å²) in [7, 11) is 0. The zero-order valence-electron chi connectivity index (χ0n) is 10.1. The summed E-state index contributed by atoms with van der Waals surface area (Å²) in [6.07, 6.45) is -4.91. The Morgan fingerprint density at radius 3 is 1.59 bits per heavy atom. The van der Waals surface area contributed by atoms with E-state index in [1.165, 1.54) is 0 Å². The van der Waals surface area contributed by atoms with Gasteiger partial charge in [0.15, 0.2) is 23.3 Å². The van der Waals surface area contributed by atoms with Crippen molar-refractivity contribution in [1.29, 1.82) is 0 Å². The summed E-state index contributed by atoms with van der Waals surface area (Å²) < 4.78 is 104. The molecule has 0 saturated carbocycles. The van der Waals surface area contributed by atoms with Crippen molar-refractivity contribution in [3.63, 3.8) is 0 Å². The summed E-state index contributed by atoms with van der Waals surface area (Å²) in [5.41, 5.74) is -3.75. The number of hydrogen-bond acceptors (Lipinski definition) is 0. The van der Waals surface area contributed by atoms with Crippen molar-refractivity contribution in [3.05, 3.63) is 57.9 Å². The molecule has 0 heterocycles. The third kappa shape index (κ3) is 2.75. The Kier molecular flexibility index (Phi) is 4.08. The first-order valence-corrected chi connectivity index (χ1v) is 5.81. The number of halogens is 9. The van der Waals surface area contributed by atoms with Crippen molar-refractivity contribution in [2.24, 2.45) is 0 Å². The van der Waals surface area contributed by atoms with Crippen LogP contribution < -0.4 is 0 Å². The van der Waals surface area contributed by atoms with Crippen LogP contribution in [0.25, 0.3) is 11.1 Å². The zero-order valence-corrected chi connectivity index (χ0v) is 10.9. The monoisotopic (exact) mass is 346 g/mol. The molecular formula is C13H3ClF8. The fourth-order valence-corrected chi connectivity index (χ4v) is 1.99. The van der Waals surface area contributed by atoms with Gasteiger partial charge in [0.2, 0.25) is 5.82 Å². The first-order chi connectivity index (χ1) is 10.0. The molecule has 0 fully saturated rings. The molecule has 0 aliphatic heterocycles. The Morgan fingerprint density at radius 2 is 1.14 bits per heavy atom. The van der Waals surface area contributed by atoms with Gasteiger partial charge in [0.25, 0.3) is 0 Å². The summed E-state index contributed by atoms with van der Waals surface area (Å²) in [5.74, 6) is -11.4. The quantitative estimate of drug-likeness (QED) is 0.352. The molecule has 0 saturated heterocycles. The smallest absolute Gasteiger partial charge is 0.203 e. The van der Waals surface area contributed by atoms with Crippen LogP contribution in [0, 0.1) is 29.1 Å². The molecule has 9 heteroatoms. The third-order valence-corrected chi connectivity index (χ3v) is 2.94. The van der Waals surface area contributed by atoms with Gasteiger partial charge in [0, 0.05) is 5.02 Å². The maximum atomic E-state index is 13.6. The van der Waals surface area contributed by atoms with Crippen LogP contribution in [0.3, 0.4) is 0 Å². The van der Waals surface area contributed by atoms with Crippen molar-refractivity contribution in [3.8, 4) is 11.1 Å². The molecule has 0 N–H and O–H groups in total. The molecule has 0 nitrogen and oxygen atoms in total. The second-order valence-corrected chi connectivity index (χ2v) is 4.61. The average Bonchev–Trinajstić information content (AvgIpc) is 2.42. The van der Waals surface area contributed by atoms with Crippen molar-refractivity contribution < 1.29 is 35.1 Å². The molecule has 0 spiro atoms. The lowest BCUT2D eigenvalue weighted by molar-refractivity contribution is -0.137. The fourth-order valence-electron chi connectivity index (χ4n) is 1.76. The van der Waals surface area contributed by atoms with Crippen LogP contribution in [0.1, 0.15) is 5.56 Å². The Hall–Kier alpha value is -1.83. The Morgan fingerprint density at radius 1 is 0.682 bits per heavy atom. The van der Waals surface area contributed by atoms with Gasteiger partial charge in [0.05, 0.1) is 11.1 Å². The molecule has 0 aromatic heterocycles. The highest BCUT2D eigenvalue weighted by Gasteiger charge is 2.33. The van der Waals surface area contributed by atoms with Crippen LogP contribution in [-0.2, 0) is 6.18 Å². The summed E-state index contributed by atoms with van der Waals surface area (Å²) in [6.45, 7) is 0. The molecule has 0 radical (unpaired) electrons. The highest BCUT2D eigenvalue weighted by molar-refractivity contribution is 6.31. The molecule has 22 heavy (non-hydrogen) atoms. The molecule has 0 amide bonds. The number of hydrogen-bond donors (Lipinski definition) is 0. The van der Waals surface area contributed by atoms with Crippen LogP contribution in [0.2, 0.25) is 5.02 Å². The normalized spacial score (nSPS) is 11.9. The van der Waals surface area contributed by atoms with Crippen LogP contribution in [0.5, 0.6) is 0 Å². The van der Waals surface area contributed by atoms with Crippen LogP contribution in [0.15, 0.2) is 18.2 Å². The maximum absolute atomic E-state index is 13.6. The van der Waals surface area contributed by atoms with E-state index in [1.807, 2.05) is 0 Å². The van der Waals surface area contributed by atoms with E-state index in [0.29, 0.717) is 12.1 Å². The van der Waals surface area contributed by atoms with Gasteiger partial charge < -0.3 is 0 Å². The summed E-state index contributed by atoms with van der Waals surface area (Å²) in [5, 5.41) is -0.575. The lowest BCUT2D eigenvalue weighted by Gasteiger charge is -2.12. The number of benzene rings is 2. The van der Waals surface area contributed by atoms with Crippen molar-refractivity contribution in [2.75, 3.05) is 0 Å². The SMILES string of the molecule is Fc1c(F)c(F)c(-c2cc(Cl)cc(C(F)(F)F)c2)c(F)c1F. The van der Waals surface area contributed by atoms with Crippen molar-refractivity contribution in [2.45, 2.75) is 6.18 Å². The van der Waals surface area contributed by atoms with E-state index in [0.717, 1.165) is 0 Å². The second-order valence-electron chi connectivity index (χ2n) is 4.17. The second kappa shape index (κ2) is 5.42. The summed E-state index contributed by atoms with van der Waals surface area (Å²) in [6, 6.07) is 1.36. The molecular weight excluding hydrogens is 344 g/mol. The Balaban J connectivity index is 2.81. The van der Waals surface area contributed by atoms with Crippen LogP contribution in [-0.4, -0.2) is 0 Å². The van der Waals surface area contributed by atoms with Gasteiger partial charge in [-0.1, -0.05) is 11.6 Å². The molecule has 0 aliphatic carbocycles. The number of alkyl halides is 3. The molecule has 0 unspecified atom stereocenters. The zero-order chi connectivity index (χ0) is 16.8. The molecule has 0 aliphatic rings. The van der Waals surface area contributed by atoms with E-state index in [9.17, 15) is 35.1 Å². The molecule has 0 bridgehead atoms. The van der Waals surface area contributed by atoms with Gasteiger partial charge >= 0.3 is 6.18 Å². The van der Waals surface area contributed by atoms with Gasteiger partial charge in [0.1, 0.15) is 0 Å². The average molecular weight is 347 g/mol. The summed E-state index contributed by atoms with van der Waals surface area (Å²) in [4.78, 5) is 0. The predicted molar refractivity (Wildman–Crippen MR) is 61.7 cm³/mol. The Labute approximate surface area is 122 Å². The van der Waals surface area contributed by atoms with Crippen molar-refractivity contribution >= 4 is 11.6 Å². The van der Waals surface area contributed by atoms with Crippen molar-refractivity contribution in [1.82, 2.24) is 0 Å². The molecule has 118 valence electrons. The third-order valence-electron chi connectivity index (χ3n) is 2.72. The molecule has 2 aromatic rings. The minimum absolute atomic E-state index is 0.240. The van der Waals surface area contributed by atoms with Crippen LogP contribution >= 0.6 is 11.6 Å². The molecule has 0 atom stereocenters. The maximum Gasteiger partial charge on any atom is 0.416 e. The van der Waals surface area contributed by atoms with E-state index in [-0.39, 0.29) is 6.07 Å². The Bertz CT molecular complexity index is 722. The largest absolute Gasteiger partial charge is 0.416 e. The first kappa shape index (κ1) is 16.5. The predicted octanol–water partition coefficient (Wildman–Crippen LogP) is 5.72. The minimum Gasteiger partial charge on any atom is -0.203 e. The lowest BCUT2D eigenvalue weighted by Crippen LogP contribution is -2.07. The topological polar surface area (TPSA) is 0 Å². The molecule has 2 aromatic carbocycles. The van der Waals surface area contributed by atoms with E-state index in [4.69, 9.17) is 11.6 Å². The summed E-state index contributed by atoms with van der Waals surface area (Å²) >= 11 is 5.42. The minimum atomic E-state index is -4.91. The van der Waals surface area contributed by atoms with E-state index in [2.05, 4.69) is 0 Å². The van der Waals surface area contributed by atoms with Gasteiger partial charge in [-0.3, -0.25) is 0 Å². The first-order valence-electron chi connectivity index (χ1n) is 5.43. The van der Waals surface area contributed by atoms with Gasteiger partial charge in [-0.15, -0.1) is 0 Å². The highest BCUT2D eigenvalue weighted by atomic mass is 35.5. The van der Waals surface area contributed by atoms with Crippen LogP contribution in [0.4, 0.5) is 35.1 Å². The number of rotatable bonds is 1. The van der Waals surface area contributed by atoms with E-state index < -0.39 is 57.0 Å². The van der Waals surface area contributed by atoms with Gasteiger partial charge in [-0.2, -0.15) is 13.2 Å².